The summed E-state index contributed by atoms with van der Waals surface area (Å²) in [5, 5.41) is 9.42. The van der Waals surface area contributed by atoms with Crippen LogP contribution in [-0.2, 0) is 0 Å². The molecule has 7 heteroatoms. The van der Waals surface area contributed by atoms with E-state index in [0.717, 1.165) is 32.2 Å². The second kappa shape index (κ2) is 7.09. The van der Waals surface area contributed by atoms with Gasteiger partial charge in [0, 0.05) is 26.6 Å². The molecule has 2 aromatic carbocycles. The first kappa shape index (κ1) is 17.1. The Bertz CT molecular complexity index is 1100. The predicted molar refractivity (Wildman–Crippen MR) is 106 cm³/mol. The van der Waals surface area contributed by atoms with Crippen molar-refractivity contribution in [1.82, 2.24) is 15.2 Å². The van der Waals surface area contributed by atoms with E-state index >= 15 is 0 Å². The molecule has 0 spiro atoms. The van der Waals surface area contributed by atoms with Crippen molar-refractivity contribution < 1.29 is 9.21 Å². The van der Waals surface area contributed by atoms with Gasteiger partial charge in [-0.25, -0.2) is 0 Å². The molecule has 0 unspecified atom stereocenters. The molecule has 0 bridgehead atoms. The number of ketones is 1. The first-order valence-corrected chi connectivity index (χ1v) is 9.73. The molecule has 26 heavy (non-hydrogen) atoms. The van der Waals surface area contributed by atoms with Gasteiger partial charge < -0.3 is 9.40 Å². The number of para-hydroxylation sites is 1. The topological polar surface area (TPSA) is 71.8 Å². The van der Waals surface area contributed by atoms with Crippen LogP contribution >= 0.6 is 27.7 Å². The molecule has 0 aliphatic carbocycles. The summed E-state index contributed by atoms with van der Waals surface area (Å²) < 4.78 is 6.57. The summed E-state index contributed by atoms with van der Waals surface area (Å²) in [6.07, 6.45) is 0. The van der Waals surface area contributed by atoms with Crippen LogP contribution in [0.1, 0.15) is 16.1 Å². The van der Waals surface area contributed by atoms with Crippen LogP contribution in [0.3, 0.4) is 0 Å². The Morgan fingerprint density at radius 2 is 1.92 bits per heavy atom. The Kier molecular flexibility index (Phi) is 4.65. The zero-order chi connectivity index (χ0) is 18.1. The van der Waals surface area contributed by atoms with Crippen LogP contribution in [0.15, 0.2) is 62.6 Å². The Morgan fingerprint density at radius 1 is 1.15 bits per heavy atom. The lowest BCUT2D eigenvalue weighted by Gasteiger charge is -2.00. The highest BCUT2D eigenvalue weighted by Gasteiger charge is 2.18. The SMILES string of the molecule is Cc1[nH]c2ccccc2c1C(=O)CSc1nnc(-c2ccccc2Br)o1. The normalized spacial score (nSPS) is 11.2. The van der Waals surface area contributed by atoms with Gasteiger partial charge in [0.25, 0.3) is 5.22 Å². The summed E-state index contributed by atoms with van der Waals surface area (Å²) in [6, 6.07) is 15.4. The molecule has 0 fully saturated rings. The van der Waals surface area contributed by atoms with Crippen molar-refractivity contribution in [3.63, 3.8) is 0 Å². The average Bonchev–Trinajstić information content (AvgIpc) is 3.23. The zero-order valence-corrected chi connectivity index (χ0v) is 16.2. The average molecular weight is 428 g/mol. The molecule has 0 aliphatic heterocycles. The van der Waals surface area contributed by atoms with Crippen molar-refractivity contribution in [3.8, 4) is 11.5 Å². The molecular formula is C19H14BrN3O2S. The number of hydrogen-bond donors (Lipinski definition) is 1. The van der Waals surface area contributed by atoms with E-state index in [9.17, 15) is 4.79 Å². The molecule has 0 aliphatic rings. The number of thioether (sulfide) groups is 1. The number of aromatic amines is 1. The van der Waals surface area contributed by atoms with Crippen LogP contribution < -0.4 is 0 Å². The Labute approximate surface area is 162 Å². The number of aryl methyl sites for hydroxylation is 1. The minimum absolute atomic E-state index is 0.0330. The van der Waals surface area contributed by atoms with Crippen LogP contribution in [0.5, 0.6) is 0 Å². The fourth-order valence-corrected chi connectivity index (χ4v) is 3.94. The number of carbonyl (C=O) groups is 1. The van der Waals surface area contributed by atoms with E-state index in [-0.39, 0.29) is 11.5 Å². The third kappa shape index (κ3) is 3.20. The standard InChI is InChI=1S/C19H14BrN3O2S/c1-11-17(13-7-3-5-9-15(13)21-11)16(24)10-26-19-23-22-18(25-19)12-6-2-4-8-14(12)20/h2-9,21H,10H2,1H3. The molecule has 0 saturated heterocycles. The third-order valence-electron chi connectivity index (χ3n) is 4.01. The summed E-state index contributed by atoms with van der Waals surface area (Å²) in [5.74, 6) is 0.696. The quantitative estimate of drug-likeness (QED) is 0.347. The number of carbonyl (C=O) groups excluding carboxylic acids is 1. The molecule has 0 radical (unpaired) electrons. The molecule has 130 valence electrons. The van der Waals surface area contributed by atoms with Crippen molar-refractivity contribution >= 4 is 44.4 Å². The molecule has 0 amide bonds. The summed E-state index contributed by atoms with van der Waals surface area (Å²) in [5.41, 5.74) is 3.38. The Morgan fingerprint density at radius 3 is 2.77 bits per heavy atom. The van der Waals surface area contributed by atoms with Crippen LogP contribution in [0.2, 0.25) is 0 Å². The van der Waals surface area contributed by atoms with Crippen molar-refractivity contribution in [2.45, 2.75) is 12.1 Å². The number of aromatic nitrogens is 3. The van der Waals surface area contributed by atoms with Gasteiger partial charge in [-0.1, -0.05) is 42.1 Å². The lowest BCUT2D eigenvalue weighted by atomic mass is 10.1. The largest absolute Gasteiger partial charge is 0.411 e. The van der Waals surface area contributed by atoms with Crippen molar-refractivity contribution in [3.05, 3.63) is 64.3 Å². The number of halogens is 1. The lowest BCUT2D eigenvalue weighted by molar-refractivity contribution is 0.102. The van der Waals surface area contributed by atoms with Crippen LogP contribution in [0.4, 0.5) is 0 Å². The second-order valence-corrected chi connectivity index (χ2v) is 7.52. The lowest BCUT2D eigenvalue weighted by Crippen LogP contribution is -2.03. The fraction of sp³-hybridized carbons (Fsp3) is 0.105. The first-order valence-electron chi connectivity index (χ1n) is 7.95. The van der Waals surface area contributed by atoms with Gasteiger partial charge >= 0.3 is 0 Å². The van der Waals surface area contributed by atoms with E-state index in [1.54, 1.807) is 0 Å². The van der Waals surface area contributed by atoms with Gasteiger partial charge in [-0.15, -0.1) is 10.2 Å². The van der Waals surface area contributed by atoms with Crippen LogP contribution in [-0.4, -0.2) is 26.7 Å². The summed E-state index contributed by atoms with van der Waals surface area (Å²) in [4.78, 5) is 16.0. The van der Waals surface area contributed by atoms with Crippen molar-refractivity contribution in [2.75, 3.05) is 5.75 Å². The van der Waals surface area contributed by atoms with Gasteiger partial charge in [0.15, 0.2) is 5.78 Å². The van der Waals surface area contributed by atoms with Gasteiger partial charge in [-0.2, -0.15) is 0 Å². The predicted octanol–water partition coefficient (Wildman–Crippen LogP) is 5.26. The van der Waals surface area contributed by atoms with E-state index in [1.165, 1.54) is 11.8 Å². The molecule has 5 nitrogen and oxygen atoms in total. The highest BCUT2D eigenvalue weighted by atomic mass is 79.9. The molecule has 0 saturated carbocycles. The smallest absolute Gasteiger partial charge is 0.277 e. The fourth-order valence-electron chi connectivity index (χ4n) is 2.85. The number of H-pyrrole nitrogens is 1. The number of fused-ring (bicyclic) bond motifs is 1. The number of rotatable bonds is 5. The number of benzene rings is 2. The zero-order valence-electron chi connectivity index (χ0n) is 13.8. The summed E-state index contributed by atoms with van der Waals surface area (Å²) >= 11 is 4.72. The molecular weight excluding hydrogens is 414 g/mol. The maximum atomic E-state index is 12.7. The number of hydrogen-bond acceptors (Lipinski definition) is 5. The van der Waals surface area contributed by atoms with Crippen molar-refractivity contribution in [1.29, 1.82) is 0 Å². The third-order valence-corrected chi connectivity index (χ3v) is 5.52. The monoisotopic (exact) mass is 427 g/mol. The van der Waals surface area contributed by atoms with Gasteiger partial charge in [-0.3, -0.25) is 4.79 Å². The highest BCUT2D eigenvalue weighted by Crippen LogP contribution is 2.30. The maximum absolute atomic E-state index is 12.7. The molecule has 4 rings (SSSR count). The first-order chi connectivity index (χ1) is 12.6. The Hall–Kier alpha value is -2.38. The number of nitrogens with zero attached hydrogens (tertiary/aromatic N) is 2. The van der Waals surface area contributed by atoms with E-state index in [4.69, 9.17) is 4.42 Å². The molecule has 2 heterocycles. The van der Waals surface area contributed by atoms with E-state index in [2.05, 4.69) is 31.1 Å². The minimum Gasteiger partial charge on any atom is -0.411 e. The molecule has 4 aromatic rings. The Balaban J connectivity index is 1.52. The molecule has 2 aromatic heterocycles. The molecule has 0 atom stereocenters. The summed E-state index contributed by atoms with van der Waals surface area (Å²) in [6.45, 7) is 1.91. The van der Waals surface area contributed by atoms with Crippen molar-refractivity contribution in [2.24, 2.45) is 0 Å². The summed E-state index contributed by atoms with van der Waals surface area (Å²) in [7, 11) is 0. The number of nitrogens with one attached hydrogen (secondary N) is 1. The van der Waals surface area contributed by atoms with E-state index in [0.29, 0.717) is 11.1 Å². The van der Waals surface area contributed by atoms with Gasteiger partial charge in [0.2, 0.25) is 5.89 Å². The van der Waals surface area contributed by atoms with E-state index < -0.39 is 0 Å². The highest BCUT2D eigenvalue weighted by molar-refractivity contribution is 9.10. The number of Topliss-reactive ketones (excluding diaryl/α,β-unsaturated/α-hetero) is 1. The maximum Gasteiger partial charge on any atom is 0.277 e. The second-order valence-electron chi connectivity index (χ2n) is 5.74. The van der Waals surface area contributed by atoms with Gasteiger partial charge in [0.05, 0.1) is 11.3 Å². The van der Waals surface area contributed by atoms with Gasteiger partial charge in [0.1, 0.15) is 0 Å². The minimum atomic E-state index is 0.0330. The molecule has 1 N–H and O–H groups in total. The van der Waals surface area contributed by atoms with Crippen LogP contribution in [0, 0.1) is 6.92 Å². The van der Waals surface area contributed by atoms with E-state index in [1.807, 2.05) is 55.5 Å². The van der Waals surface area contributed by atoms with Crippen LogP contribution in [0.25, 0.3) is 22.4 Å². The van der Waals surface area contributed by atoms with Gasteiger partial charge in [-0.05, 0) is 41.1 Å².